The van der Waals surface area contributed by atoms with Gasteiger partial charge in [0.15, 0.2) is 0 Å². The van der Waals surface area contributed by atoms with Crippen molar-refractivity contribution in [1.82, 2.24) is 3.11 Å². The Labute approximate surface area is 82.0 Å². The Morgan fingerprint density at radius 2 is 1.82 bits per heavy atom. The van der Waals surface area contributed by atoms with E-state index in [9.17, 15) is 0 Å². The third kappa shape index (κ3) is 1.21. The van der Waals surface area contributed by atoms with E-state index >= 15 is 0 Å². The minimum Gasteiger partial charge on any atom is -0.325 e. The fraction of sp³-hybridized carbons (Fsp3) is 1.00. The van der Waals surface area contributed by atoms with E-state index in [1.807, 2.05) is 0 Å². The van der Waals surface area contributed by atoms with Crippen LogP contribution in [0, 0.1) is 11.8 Å². The zero-order chi connectivity index (χ0) is 8.06. The van der Waals surface area contributed by atoms with Crippen LogP contribution in [0.3, 0.4) is 0 Å². The van der Waals surface area contributed by atoms with Crippen molar-refractivity contribution in [2.24, 2.45) is 17.6 Å². The van der Waals surface area contributed by atoms with Gasteiger partial charge in [0.2, 0.25) is 0 Å². The topological polar surface area (TPSA) is 29.3 Å². The Balaban J connectivity index is 2.19. The minimum absolute atomic E-state index is 0.141. The van der Waals surface area contributed by atoms with Crippen LogP contribution in [0.25, 0.3) is 0 Å². The van der Waals surface area contributed by atoms with Crippen LogP contribution >= 0.6 is 22.9 Å². The van der Waals surface area contributed by atoms with Gasteiger partial charge in [0.05, 0.1) is 0 Å². The third-order valence-electron chi connectivity index (χ3n) is 3.46. The zero-order valence-corrected chi connectivity index (χ0v) is 9.04. The Morgan fingerprint density at radius 3 is 2.27 bits per heavy atom. The maximum atomic E-state index is 6.26. The predicted molar refractivity (Wildman–Crippen MR) is 54.4 cm³/mol. The summed E-state index contributed by atoms with van der Waals surface area (Å²) in [5.74, 6) is 1.50. The van der Waals surface area contributed by atoms with Crippen molar-refractivity contribution in [3.63, 3.8) is 0 Å². The molecular formula is C8H15IN2. The van der Waals surface area contributed by atoms with Gasteiger partial charge < -0.3 is 5.73 Å². The molecule has 0 aromatic carbocycles. The number of hydrogen-bond acceptors (Lipinski definition) is 2. The summed E-state index contributed by atoms with van der Waals surface area (Å²) in [6.45, 7) is 4.63. The number of fused-ring (bicyclic) bond motifs is 2. The molecule has 2 N–H and O–H groups in total. The molecular weight excluding hydrogens is 251 g/mol. The van der Waals surface area contributed by atoms with E-state index in [-0.39, 0.29) is 5.54 Å². The van der Waals surface area contributed by atoms with E-state index in [1.165, 1.54) is 25.9 Å². The molecule has 1 heterocycles. The summed E-state index contributed by atoms with van der Waals surface area (Å²) in [5.41, 5.74) is 6.40. The van der Waals surface area contributed by atoms with Crippen molar-refractivity contribution < 1.29 is 0 Å². The molecule has 1 aliphatic heterocycles. The maximum Gasteiger partial charge on any atom is 0.0207 e. The zero-order valence-electron chi connectivity index (χ0n) is 6.89. The molecule has 0 radical (unpaired) electrons. The molecule has 2 bridgehead atoms. The van der Waals surface area contributed by atoms with Gasteiger partial charge >= 0.3 is 0 Å². The molecule has 0 spiro atoms. The Kier molecular flexibility index (Phi) is 1.93. The van der Waals surface area contributed by atoms with E-state index in [4.69, 9.17) is 5.73 Å². The first-order valence-corrected chi connectivity index (χ1v) is 5.27. The van der Waals surface area contributed by atoms with Gasteiger partial charge in [0, 0.05) is 41.5 Å². The van der Waals surface area contributed by atoms with Crippen LogP contribution in [0.2, 0.25) is 0 Å². The van der Waals surface area contributed by atoms with E-state index in [2.05, 4.69) is 32.9 Å². The van der Waals surface area contributed by atoms with E-state index < -0.39 is 0 Å². The summed E-state index contributed by atoms with van der Waals surface area (Å²) in [4.78, 5) is 0. The SMILES string of the molecule is CC1(N)C2CCC1CN(I)C2. The quantitative estimate of drug-likeness (QED) is 0.530. The lowest BCUT2D eigenvalue weighted by molar-refractivity contribution is 0.172. The summed E-state index contributed by atoms with van der Waals surface area (Å²) in [5, 5.41) is 0. The van der Waals surface area contributed by atoms with Crippen LogP contribution in [-0.4, -0.2) is 21.7 Å². The fourth-order valence-corrected chi connectivity index (χ4v) is 3.44. The van der Waals surface area contributed by atoms with Crippen LogP contribution < -0.4 is 5.73 Å². The lowest BCUT2D eigenvalue weighted by Crippen LogP contribution is -2.55. The molecule has 2 atom stereocenters. The average Bonchev–Trinajstić information content (AvgIpc) is 2.19. The normalized spacial score (nSPS) is 51.5. The lowest BCUT2D eigenvalue weighted by atomic mass is 9.80. The number of piperidine rings is 1. The molecule has 0 aromatic heterocycles. The Bertz CT molecular complexity index is 153. The Hall–Kier alpha value is 0.650. The molecule has 1 saturated carbocycles. The molecule has 2 unspecified atom stereocenters. The van der Waals surface area contributed by atoms with Crippen LogP contribution in [0.4, 0.5) is 0 Å². The molecule has 11 heavy (non-hydrogen) atoms. The second-order valence-electron chi connectivity index (χ2n) is 4.17. The van der Waals surface area contributed by atoms with Gasteiger partial charge in [0.1, 0.15) is 0 Å². The van der Waals surface area contributed by atoms with Crippen molar-refractivity contribution in [3.8, 4) is 0 Å². The highest BCUT2D eigenvalue weighted by atomic mass is 127. The van der Waals surface area contributed by atoms with Gasteiger partial charge in [-0.3, -0.25) is 0 Å². The lowest BCUT2D eigenvalue weighted by Gasteiger charge is -2.40. The number of nitrogens with two attached hydrogens (primary N) is 1. The second-order valence-corrected chi connectivity index (χ2v) is 5.53. The van der Waals surface area contributed by atoms with Crippen molar-refractivity contribution in [1.29, 1.82) is 0 Å². The summed E-state index contributed by atoms with van der Waals surface area (Å²) >= 11 is 2.42. The van der Waals surface area contributed by atoms with Crippen molar-refractivity contribution in [2.75, 3.05) is 13.1 Å². The average molecular weight is 266 g/mol. The van der Waals surface area contributed by atoms with Crippen molar-refractivity contribution in [2.45, 2.75) is 25.3 Å². The van der Waals surface area contributed by atoms with E-state index in [0.717, 1.165) is 11.8 Å². The van der Waals surface area contributed by atoms with Crippen LogP contribution in [0.1, 0.15) is 19.8 Å². The molecule has 2 rings (SSSR count). The first kappa shape index (κ1) is 8.26. The first-order chi connectivity index (χ1) is 5.10. The molecule has 64 valence electrons. The molecule has 2 fully saturated rings. The highest BCUT2D eigenvalue weighted by molar-refractivity contribution is 14.1. The fourth-order valence-electron chi connectivity index (χ4n) is 2.49. The standard InChI is InChI=1S/C8H15IN2/c1-8(10)6-2-3-7(8)5-11(9)4-6/h6-7H,2-5,10H2,1H3. The van der Waals surface area contributed by atoms with Gasteiger partial charge in [-0.15, -0.1) is 0 Å². The molecule has 1 aliphatic carbocycles. The van der Waals surface area contributed by atoms with Gasteiger partial charge in [-0.25, -0.2) is 3.11 Å². The smallest absolute Gasteiger partial charge is 0.0207 e. The van der Waals surface area contributed by atoms with Gasteiger partial charge in [0.25, 0.3) is 0 Å². The highest BCUT2D eigenvalue weighted by Crippen LogP contribution is 2.43. The predicted octanol–water partition coefficient (Wildman–Crippen LogP) is 1.40. The summed E-state index contributed by atoms with van der Waals surface area (Å²) < 4.78 is 2.40. The Morgan fingerprint density at radius 1 is 1.36 bits per heavy atom. The minimum atomic E-state index is 0.141. The molecule has 3 heteroatoms. The number of nitrogens with zero attached hydrogens (tertiary/aromatic N) is 1. The number of hydrogen-bond donors (Lipinski definition) is 1. The maximum absolute atomic E-state index is 6.26. The summed E-state index contributed by atoms with van der Waals surface area (Å²) in [7, 11) is 0. The van der Waals surface area contributed by atoms with Gasteiger partial charge in [-0.05, 0) is 31.6 Å². The largest absolute Gasteiger partial charge is 0.325 e. The van der Waals surface area contributed by atoms with Crippen LogP contribution in [-0.2, 0) is 0 Å². The van der Waals surface area contributed by atoms with Gasteiger partial charge in [-0.2, -0.15) is 0 Å². The second kappa shape index (κ2) is 2.57. The van der Waals surface area contributed by atoms with Crippen LogP contribution in [0.15, 0.2) is 0 Å². The van der Waals surface area contributed by atoms with E-state index in [1.54, 1.807) is 0 Å². The van der Waals surface area contributed by atoms with Crippen molar-refractivity contribution >= 4 is 22.9 Å². The highest BCUT2D eigenvalue weighted by Gasteiger charge is 2.47. The molecule has 2 aliphatic rings. The molecule has 0 amide bonds. The van der Waals surface area contributed by atoms with E-state index in [0.29, 0.717) is 0 Å². The monoisotopic (exact) mass is 266 g/mol. The van der Waals surface area contributed by atoms with Crippen molar-refractivity contribution in [3.05, 3.63) is 0 Å². The molecule has 2 nitrogen and oxygen atoms in total. The number of rotatable bonds is 0. The van der Waals surface area contributed by atoms with Crippen LogP contribution in [0.5, 0.6) is 0 Å². The van der Waals surface area contributed by atoms with Gasteiger partial charge in [-0.1, -0.05) is 0 Å². The third-order valence-corrected chi connectivity index (χ3v) is 4.25. The molecule has 1 saturated heterocycles. The molecule has 0 aromatic rings. The summed E-state index contributed by atoms with van der Waals surface area (Å²) in [6, 6.07) is 0. The summed E-state index contributed by atoms with van der Waals surface area (Å²) in [6.07, 6.45) is 2.69. The number of halogens is 1. The first-order valence-electron chi connectivity index (χ1n) is 4.30.